The molecule has 0 radical (unpaired) electrons. The van der Waals surface area contributed by atoms with Crippen LogP contribution in [0, 0.1) is 6.92 Å². The molecule has 0 fully saturated rings. The highest BCUT2D eigenvalue weighted by Crippen LogP contribution is 2.32. The second-order valence-corrected chi connectivity index (χ2v) is 5.63. The lowest BCUT2D eigenvalue weighted by Crippen LogP contribution is -2.03. The molecule has 0 heterocycles. The molecule has 0 aromatic heterocycles. The van der Waals surface area contributed by atoms with Gasteiger partial charge in [-0.3, -0.25) is 0 Å². The largest absolute Gasteiger partial charge is 0.495 e. The van der Waals surface area contributed by atoms with Crippen molar-refractivity contribution < 1.29 is 4.74 Å². The van der Waals surface area contributed by atoms with E-state index in [-0.39, 0.29) is 0 Å². The predicted molar refractivity (Wildman–Crippen MR) is 84.2 cm³/mol. The molecule has 2 aromatic rings. The summed E-state index contributed by atoms with van der Waals surface area (Å²) in [6.07, 6.45) is 0. The van der Waals surface area contributed by atoms with Gasteiger partial charge in [-0.2, -0.15) is 0 Å². The molecule has 0 saturated carbocycles. The van der Waals surface area contributed by atoms with Crippen LogP contribution in [0.15, 0.2) is 40.9 Å². The molecule has 0 bridgehead atoms. The number of hydrogen-bond acceptors (Lipinski definition) is 2. The number of hydrogen-bond donors (Lipinski definition) is 1. The fourth-order valence-electron chi connectivity index (χ4n) is 1.89. The normalized spacial score (nSPS) is 10.3. The number of methoxy groups -OCH3 is 1. The van der Waals surface area contributed by atoms with Crippen LogP contribution in [0.2, 0.25) is 5.02 Å². The zero-order valence-corrected chi connectivity index (χ0v) is 13.2. The summed E-state index contributed by atoms with van der Waals surface area (Å²) in [5.41, 5.74) is 3.33. The molecule has 0 saturated heterocycles. The van der Waals surface area contributed by atoms with Gasteiger partial charge >= 0.3 is 0 Å². The van der Waals surface area contributed by atoms with Gasteiger partial charge in [0.05, 0.1) is 12.8 Å². The lowest BCUT2D eigenvalue weighted by Gasteiger charge is -2.14. The average molecular weight is 341 g/mol. The van der Waals surface area contributed by atoms with E-state index in [9.17, 15) is 0 Å². The van der Waals surface area contributed by atoms with E-state index in [0.717, 1.165) is 33.0 Å². The molecular formula is C15H15BrClNO. The van der Waals surface area contributed by atoms with Crippen LogP contribution in [0.4, 0.5) is 5.69 Å². The molecule has 0 atom stereocenters. The maximum absolute atomic E-state index is 5.87. The number of rotatable bonds is 4. The number of aryl methyl sites for hydroxylation is 1. The second kappa shape index (κ2) is 6.31. The third-order valence-corrected chi connectivity index (χ3v) is 3.58. The number of halogens is 2. The van der Waals surface area contributed by atoms with Gasteiger partial charge < -0.3 is 10.1 Å². The van der Waals surface area contributed by atoms with Gasteiger partial charge in [0, 0.05) is 16.0 Å². The maximum Gasteiger partial charge on any atom is 0.143 e. The van der Waals surface area contributed by atoms with Gasteiger partial charge in [0.2, 0.25) is 0 Å². The Morgan fingerprint density at radius 3 is 2.53 bits per heavy atom. The second-order valence-electron chi connectivity index (χ2n) is 4.28. The van der Waals surface area contributed by atoms with Crippen molar-refractivity contribution in [1.29, 1.82) is 0 Å². The lowest BCUT2D eigenvalue weighted by molar-refractivity contribution is 0.416. The Morgan fingerprint density at radius 2 is 1.89 bits per heavy atom. The third-order valence-electron chi connectivity index (χ3n) is 2.87. The quantitative estimate of drug-likeness (QED) is 0.842. The molecule has 1 N–H and O–H groups in total. The Kier molecular flexibility index (Phi) is 4.72. The fourth-order valence-corrected chi connectivity index (χ4v) is 2.57. The zero-order chi connectivity index (χ0) is 13.8. The van der Waals surface area contributed by atoms with E-state index in [2.05, 4.69) is 34.2 Å². The number of ether oxygens (including phenoxy) is 1. The summed E-state index contributed by atoms with van der Waals surface area (Å²) in [5.74, 6) is 0.834. The Labute approximate surface area is 126 Å². The number of nitrogens with one attached hydrogen (secondary N) is 1. The predicted octanol–water partition coefficient (Wildman–Crippen LogP) is 5.03. The summed E-state index contributed by atoms with van der Waals surface area (Å²) in [5, 5.41) is 4.16. The summed E-state index contributed by atoms with van der Waals surface area (Å²) < 4.78 is 6.41. The van der Waals surface area contributed by atoms with Crippen LogP contribution in [-0.4, -0.2) is 7.11 Å². The molecule has 0 unspecified atom stereocenters. The lowest BCUT2D eigenvalue weighted by atomic mass is 10.1. The molecule has 0 aliphatic carbocycles. The van der Waals surface area contributed by atoms with Crippen molar-refractivity contribution in [2.75, 3.05) is 12.4 Å². The third kappa shape index (κ3) is 3.64. The summed E-state index contributed by atoms with van der Waals surface area (Å²) in [6, 6.07) is 11.8. The van der Waals surface area contributed by atoms with Crippen LogP contribution in [0.1, 0.15) is 11.1 Å². The molecule has 19 heavy (non-hydrogen) atoms. The molecule has 4 heteroatoms. The SMILES string of the molecule is COc1cc(Br)cc(C)c1NCc1ccc(Cl)cc1. The van der Waals surface area contributed by atoms with Gasteiger partial charge in [0.15, 0.2) is 0 Å². The summed E-state index contributed by atoms with van der Waals surface area (Å²) in [4.78, 5) is 0. The first-order chi connectivity index (χ1) is 9.10. The van der Waals surface area contributed by atoms with Crippen molar-refractivity contribution in [3.63, 3.8) is 0 Å². The minimum absolute atomic E-state index is 0.732. The van der Waals surface area contributed by atoms with Crippen molar-refractivity contribution in [2.45, 2.75) is 13.5 Å². The van der Waals surface area contributed by atoms with Gasteiger partial charge in [0.1, 0.15) is 5.75 Å². The Morgan fingerprint density at radius 1 is 1.21 bits per heavy atom. The smallest absolute Gasteiger partial charge is 0.143 e. The Bertz CT molecular complexity index is 569. The van der Waals surface area contributed by atoms with Crippen molar-refractivity contribution in [2.24, 2.45) is 0 Å². The van der Waals surface area contributed by atoms with E-state index in [1.807, 2.05) is 30.3 Å². The standard InChI is InChI=1S/C15H15BrClNO/c1-10-7-12(16)8-14(19-2)15(10)18-9-11-3-5-13(17)6-4-11/h3-8,18H,9H2,1-2H3. The Balaban J connectivity index is 2.17. The van der Waals surface area contributed by atoms with Crippen molar-refractivity contribution in [3.8, 4) is 5.75 Å². The van der Waals surface area contributed by atoms with E-state index < -0.39 is 0 Å². The van der Waals surface area contributed by atoms with Gasteiger partial charge in [-0.15, -0.1) is 0 Å². The first-order valence-corrected chi connectivity index (χ1v) is 7.09. The van der Waals surface area contributed by atoms with Crippen molar-refractivity contribution in [1.82, 2.24) is 0 Å². The molecule has 0 aliphatic rings. The highest BCUT2D eigenvalue weighted by Gasteiger charge is 2.07. The van der Waals surface area contributed by atoms with Gasteiger partial charge in [0.25, 0.3) is 0 Å². The minimum atomic E-state index is 0.732. The molecule has 2 rings (SSSR count). The number of benzene rings is 2. The van der Waals surface area contributed by atoms with Gasteiger partial charge in [-0.25, -0.2) is 0 Å². The molecule has 0 spiro atoms. The molecule has 100 valence electrons. The van der Waals surface area contributed by atoms with Crippen LogP contribution in [-0.2, 0) is 6.54 Å². The van der Waals surface area contributed by atoms with E-state index >= 15 is 0 Å². The highest BCUT2D eigenvalue weighted by molar-refractivity contribution is 9.10. The van der Waals surface area contributed by atoms with Crippen LogP contribution < -0.4 is 10.1 Å². The molecule has 2 nitrogen and oxygen atoms in total. The van der Waals surface area contributed by atoms with E-state index in [0.29, 0.717) is 0 Å². The molecular weight excluding hydrogens is 326 g/mol. The van der Waals surface area contributed by atoms with Crippen LogP contribution in [0.5, 0.6) is 5.75 Å². The van der Waals surface area contributed by atoms with E-state index in [1.165, 1.54) is 5.56 Å². The van der Waals surface area contributed by atoms with E-state index in [4.69, 9.17) is 16.3 Å². The summed E-state index contributed by atoms with van der Waals surface area (Å²) in [7, 11) is 1.68. The van der Waals surface area contributed by atoms with Gasteiger partial charge in [-0.05, 0) is 42.3 Å². The van der Waals surface area contributed by atoms with Crippen LogP contribution in [0.25, 0.3) is 0 Å². The minimum Gasteiger partial charge on any atom is -0.495 e. The van der Waals surface area contributed by atoms with Crippen LogP contribution >= 0.6 is 27.5 Å². The molecule has 0 amide bonds. The molecule has 0 aliphatic heterocycles. The first-order valence-electron chi connectivity index (χ1n) is 5.92. The zero-order valence-electron chi connectivity index (χ0n) is 10.8. The van der Waals surface area contributed by atoms with Crippen molar-refractivity contribution in [3.05, 3.63) is 57.0 Å². The molecule has 2 aromatic carbocycles. The Hall–Kier alpha value is -1.19. The number of anilines is 1. The van der Waals surface area contributed by atoms with Gasteiger partial charge in [-0.1, -0.05) is 39.7 Å². The monoisotopic (exact) mass is 339 g/mol. The first kappa shape index (κ1) is 14.2. The highest BCUT2D eigenvalue weighted by atomic mass is 79.9. The summed E-state index contributed by atoms with van der Waals surface area (Å²) >= 11 is 9.34. The van der Waals surface area contributed by atoms with Crippen LogP contribution in [0.3, 0.4) is 0 Å². The fraction of sp³-hybridized carbons (Fsp3) is 0.200. The summed E-state index contributed by atoms with van der Waals surface area (Å²) in [6.45, 7) is 2.79. The average Bonchev–Trinajstić information content (AvgIpc) is 2.39. The maximum atomic E-state index is 5.87. The van der Waals surface area contributed by atoms with E-state index in [1.54, 1.807) is 7.11 Å². The topological polar surface area (TPSA) is 21.3 Å². The van der Waals surface area contributed by atoms with Crippen molar-refractivity contribution >= 4 is 33.2 Å².